The van der Waals surface area contributed by atoms with Crippen LogP contribution in [0, 0.1) is 6.92 Å². The van der Waals surface area contributed by atoms with Crippen LogP contribution < -0.4 is 5.73 Å². The average molecular weight is 323 g/mol. The van der Waals surface area contributed by atoms with Gasteiger partial charge in [0.25, 0.3) is 0 Å². The highest BCUT2D eigenvalue weighted by atomic mass is 35.5. The van der Waals surface area contributed by atoms with Gasteiger partial charge in [0.05, 0.1) is 16.2 Å². The molecule has 0 aliphatic heterocycles. The first-order valence-electron chi connectivity index (χ1n) is 8.33. The maximum absolute atomic E-state index is 6.17. The van der Waals surface area contributed by atoms with Gasteiger partial charge in [-0.3, -0.25) is 4.98 Å². The molecule has 0 amide bonds. The number of anilines is 1. The summed E-state index contributed by atoms with van der Waals surface area (Å²) in [6, 6.07) is 4.12. The number of hydrogen-bond acceptors (Lipinski definition) is 2. The zero-order valence-corrected chi connectivity index (χ0v) is 16.1. The van der Waals surface area contributed by atoms with Crippen LogP contribution in [0.3, 0.4) is 0 Å². The molecule has 2 N–H and O–H groups in total. The van der Waals surface area contributed by atoms with Gasteiger partial charge in [-0.05, 0) is 42.5 Å². The third-order valence-corrected chi connectivity index (χ3v) is 3.74. The topological polar surface area (TPSA) is 38.9 Å². The summed E-state index contributed by atoms with van der Waals surface area (Å²) in [6.07, 6.45) is 0.971. The SMILES string of the molecule is CC.CC.CCc1cc(C(C)C)nc2c(C)c(N)c(Cl)cc12. The van der Waals surface area contributed by atoms with Gasteiger partial charge in [0, 0.05) is 11.1 Å². The fourth-order valence-electron chi connectivity index (χ4n) is 2.18. The van der Waals surface area contributed by atoms with E-state index in [1.807, 2.05) is 40.7 Å². The number of benzene rings is 1. The Morgan fingerprint density at radius 1 is 1.14 bits per heavy atom. The first-order chi connectivity index (χ1) is 10.5. The Morgan fingerprint density at radius 3 is 2.14 bits per heavy atom. The molecule has 0 fully saturated rings. The van der Waals surface area contributed by atoms with Crippen molar-refractivity contribution in [2.45, 2.75) is 67.7 Å². The molecule has 3 heteroatoms. The number of nitrogen functional groups attached to an aromatic ring is 1. The van der Waals surface area contributed by atoms with Crippen LogP contribution in [0.15, 0.2) is 12.1 Å². The minimum Gasteiger partial charge on any atom is -0.397 e. The van der Waals surface area contributed by atoms with Crippen LogP contribution in [-0.4, -0.2) is 4.98 Å². The van der Waals surface area contributed by atoms with Crippen molar-refractivity contribution >= 4 is 28.2 Å². The van der Waals surface area contributed by atoms with Gasteiger partial charge in [0.15, 0.2) is 0 Å². The zero-order valence-electron chi connectivity index (χ0n) is 15.3. The van der Waals surface area contributed by atoms with Gasteiger partial charge in [-0.2, -0.15) is 0 Å². The second kappa shape index (κ2) is 9.68. The minimum absolute atomic E-state index is 0.413. The zero-order chi connectivity index (χ0) is 17.4. The van der Waals surface area contributed by atoms with Crippen molar-refractivity contribution in [2.75, 3.05) is 5.73 Å². The van der Waals surface area contributed by atoms with E-state index in [-0.39, 0.29) is 0 Å². The van der Waals surface area contributed by atoms with Gasteiger partial charge >= 0.3 is 0 Å². The van der Waals surface area contributed by atoms with Crippen molar-refractivity contribution < 1.29 is 0 Å². The number of halogens is 1. The van der Waals surface area contributed by atoms with E-state index in [0.717, 1.165) is 28.6 Å². The summed E-state index contributed by atoms with van der Waals surface area (Å²) in [5.41, 5.74) is 11.0. The molecule has 0 unspecified atom stereocenters. The van der Waals surface area contributed by atoms with E-state index in [4.69, 9.17) is 22.3 Å². The molecule has 0 saturated carbocycles. The summed E-state index contributed by atoms with van der Waals surface area (Å²) >= 11 is 6.17. The second-order valence-corrected chi connectivity index (χ2v) is 5.41. The van der Waals surface area contributed by atoms with Crippen LogP contribution in [0.5, 0.6) is 0 Å². The van der Waals surface area contributed by atoms with Crippen LogP contribution in [-0.2, 0) is 6.42 Å². The highest BCUT2D eigenvalue weighted by molar-refractivity contribution is 6.34. The Labute approximate surface area is 141 Å². The molecule has 1 aromatic heterocycles. The van der Waals surface area contributed by atoms with E-state index in [0.29, 0.717) is 16.6 Å². The third kappa shape index (κ3) is 4.36. The van der Waals surface area contributed by atoms with Crippen molar-refractivity contribution in [2.24, 2.45) is 0 Å². The predicted molar refractivity (Wildman–Crippen MR) is 102 cm³/mol. The molecule has 1 heterocycles. The summed E-state index contributed by atoms with van der Waals surface area (Å²) in [4.78, 5) is 4.75. The van der Waals surface area contributed by atoms with Crippen molar-refractivity contribution in [1.82, 2.24) is 4.98 Å². The molecule has 0 saturated heterocycles. The first-order valence-corrected chi connectivity index (χ1v) is 8.71. The van der Waals surface area contributed by atoms with Crippen LogP contribution in [0.4, 0.5) is 5.69 Å². The standard InChI is InChI=1S/C15H19ClN2.2C2H6/c1-5-10-6-13(8(2)3)18-15-9(4)14(17)12(16)7-11(10)15;2*1-2/h6-8H,5,17H2,1-4H3;2*1-2H3. The smallest absolute Gasteiger partial charge is 0.0758 e. The normalized spacial score (nSPS) is 9.91. The highest BCUT2D eigenvalue weighted by Crippen LogP contribution is 2.33. The van der Waals surface area contributed by atoms with E-state index in [9.17, 15) is 0 Å². The maximum atomic E-state index is 6.17. The number of fused-ring (bicyclic) bond motifs is 1. The van der Waals surface area contributed by atoms with E-state index >= 15 is 0 Å². The Balaban J connectivity index is 0.00000102. The summed E-state index contributed by atoms with van der Waals surface area (Å²) in [6.45, 7) is 16.4. The molecule has 0 spiro atoms. The molecule has 0 bridgehead atoms. The van der Waals surface area contributed by atoms with E-state index < -0.39 is 0 Å². The Morgan fingerprint density at radius 2 is 1.68 bits per heavy atom. The summed E-state index contributed by atoms with van der Waals surface area (Å²) < 4.78 is 0. The molecule has 1 aromatic carbocycles. The van der Waals surface area contributed by atoms with E-state index in [2.05, 4.69) is 26.8 Å². The fraction of sp³-hybridized carbons (Fsp3) is 0.526. The van der Waals surface area contributed by atoms with Gasteiger partial charge in [0.2, 0.25) is 0 Å². The average Bonchev–Trinajstić information content (AvgIpc) is 2.55. The Kier molecular flexibility index (Phi) is 9.12. The number of nitrogens with zero attached hydrogens (tertiary/aromatic N) is 1. The maximum Gasteiger partial charge on any atom is 0.0758 e. The number of hydrogen-bond donors (Lipinski definition) is 1. The van der Waals surface area contributed by atoms with Crippen LogP contribution in [0.1, 0.15) is 71.2 Å². The van der Waals surface area contributed by atoms with Gasteiger partial charge in [-0.1, -0.05) is 60.1 Å². The van der Waals surface area contributed by atoms with Gasteiger partial charge in [-0.25, -0.2) is 0 Å². The largest absolute Gasteiger partial charge is 0.397 e. The van der Waals surface area contributed by atoms with Gasteiger partial charge < -0.3 is 5.73 Å². The molecule has 0 aliphatic rings. The van der Waals surface area contributed by atoms with E-state index in [1.165, 1.54) is 5.56 Å². The second-order valence-electron chi connectivity index (χ2n) is 5.01. The number of aromatic nitrogens is 1. The number of aryl methyl sites for hydroxylation is 2. The molecule has 22 heavy (non-hydrogen) atoms. The van der Waals surface area contributed by atoms with Crippen molar-refractivity contribution in [3.63, 3.8) is 0 Å². The molecule has 124 valence electrons. The lowest BCUT2D eigenvalue weighted by Crippen LogP contribution is -2.01. The van der Waals surface area contributed by atoms with Crippen molar-refractivity contribution in [3.05, 3.63) is 34.0 Å². The quantitative estimate of drug-likeness (QED) is 0.639. The van der Waals surface area contributed by atoms with E-state index in [1.54, 1.807) is 0 Å². The van der Waals surface area contributed by atoms with Crippen LogP contribution in [0.25, 0.3) is 10.9 Å². The Bertz CT molecular complexity index is 604. The number of rotatable bonds is 2. The Hall–Kier alpha value is -1.28. The molecule has 2 nitrogen and oxygen atoms in total. The highest BCUT2D eigenvalue weighted by Gasteiger charge is 2.13. The minimum atomic E-state index is 0.413. The van der Waals surface area contributed by atoms with Gasteiger partial charge in [-0.15, -0.1) is 0 Å². The molecule has 2 aromatic rings. The number of pyridine rings is 1. The van der Waals surface area contributed by atoms with Crippen molar-refractivity contribution in [3.8, 4) is 0 Å². The summed E-state index contributed by atoms with van der Waals surface area (Å²) in [7, 11) is 0. The lowest BCUT2D eigenvalue weighted by Gasteiger charge is -2.14. The lowest BCUT2D eigenvalue weighted by molar-refractivity contribution is 0.825. The summed E-state index contributed by atoms with van der Waals surface area (Å²) in [5, 5.41) is 1.74. The summed E-state index contributed by atoms with van der Waals surface area (Å²) in [5.74, 6) is 0.413. The molecule has 0 aliphatic carbocycles. The number of nitrogens with two attached hydrogens (primary N) is 1. The molecule has 0 radical (unpaired) electrons. The van der Waals surface area contributed by atoms with Crippen molar-refractivity contribution in [1.29, 1.82) is 0 Å². The predicted octanol–water partition coefficient (Wildman–Crippen LogP) is 6.52. The molecular formula is C19H31ClN2. The third-order valence-electron chi connectivity index (χ3n) is 3.42. The van der Waals surface area contributed by atoms with Gasteiger partial charge in [0.1, 0.15) is 0 Å². The molecule has 2 rings (SSSR count). The molecular weight excluding hydrogens is 292 g/mol. The fourth-order valence-corrected chi connectivity index (χ4v) is 2.43. The first kappa shape index (κ1) is 20.7. The monoisotopic (exact) mass is 322 g/mol. The lowest BCUT2D eigenvalue weighted by atomic mass is 9.99. The van der Waals surface area contributed by atoms with Crippen LogP contribution in [0.2, 0.25) is 5.02 Å². The molecule has 0 atom stereocenters. The van der Waals surface area contributed by atoms with Crippen LogP contribution >= 0.6 is 11.6 Å².